The highest BCUT2D eigenvalue weighted by Crippen LogP contribution is 2.19. The smallest absolute Gasteiger partial charge is 0.287 e. The monoisotopic (exact) mass is 304 g/mol. The lowest BCUT2D eigenvalue weighted by Crippen LogP contribution is -2.34. The van der Waals surface area contributed by atoms with Crippen LogP contribution >= 0.6 is 11.8 Å². The SMILES string of the molecule is CSc1ccccc1C(=O)NCCNC(=O)c1ccco1. The normalized spacial score (nSPS) is 10.1. The highest BCUT2D eigenvalue weighted by atomic mass is 32.2. The Labute approximate surface area is 127 Å². The lowest BCUT2D eigenvalue weighted by Gasteiger charge is -2.08. The van der Waals surface area contributed by atoms with Crippen molar-refractivity contribution >= 4 is 23.6 Å². The first-order valence-corrected chi connectivity index (χ1v) is 7.67. The molecular weight excluding hydrogens is 288 g/mol. The van der Waals surface area contributed by atoms with E-state index in [9.17, 15) is 9.59 Å². The van der Waals surface area contributed by atoms with Gasteiger partial charge in [0, 0.05) is 18.0 Å². The molecule has 2 N–H and O–H groups in total. The lowest BCUT2D eigenvalue weighted by molar-refractivity contribution is 0.0910. The molecule has 0 fully saturated rings. The van der Waals surface area contributed by atoms with E-state index in [1.165, 1.54) is 18.0 Å². The van der Waals surface area contributed by atoms with Crippen LogP contribution in [0.1, 0.15) is 20.9 Å². The predicted octanol–water partition coefficient (Wildman–Crippen LogP) is 2.16. The summed E-state index contributed by atoms with van der Waals surface area (Å²) in [5, 5.41) is 5.44. The number of rotatable bonds is 6. The zero-order valence-corrected chi connectivity index (χ0v) is 12.4. The maximum absolute atomic E-state index is 12.0. The van der Waals surface area contributed by atoms with E-state index in [1.807, 2.05) is 24.5 Å². The second kappa shape index (κ2) is 7.54. The van der Waals surface area contributed by atoms with Gasteiger partial charge in [-0.25, -0.2) is 0 Å². The Morgan fingerprint density at radius 2 is 1.76 bits per heavy atom. The van der Waals surface area contributed by atoms with Crippen LogP contribution in [0.5, 0.6) is 0 Å². The van der Waals surface area contributed by atoms with Crippen molar-refractivity contribution in [1.82, 2.24) is 10.6 Å². The number of furan rings is 1. The number of carbonyl (C=O) groups excluding carboxylic acids is 2. The van der Waals surface area contributed by atoms with Crippen molar-refractivity contribution in [1.29, 1.82) is 0 Å². The van der Waals surface area contributed by atoms with E-state index in [4.69, 9.17) is 4.42 Å². The van der Waals surface area contributed by atoms with Crippen molar-refractivity contribution in [3.8, 4) is 0 Å². The predicted molar refractivity (Wildman–Crippen MR) is 81.6 cm³/mol. The van der Waals surface area contributed by atoms with E-state index in [0.29, 0.717) is 18.7 Å². The van der Waals surface area contributed by atoms with Crippen LogP contribution in [0.4, 0.5) is 0 Å². The lowest BCUT2D eigenvalue weighted by atomic mass is 10.2. The van der Waals surface area contributed by atoms with Crippen molar-refractivity contribution in [2.24, 2.45) is 0 Å². The third kappa shape index (κ3) is 4.13. The number of benzene rings is 1. The molecule has 0 spiro atoms. The van der Waals surface area contributed by atoms with Gasteiger partial charge in [0.25, 0.3) is 11.8 Å². The molecule has 0 atom stereocenters. The summed E-state index contributed by atoms with van der Waals surface area (Å²) in [6.07, 6.45) is 3.37. The van der Waals surface area contributed by atoms with Crippen LogP contribution < -0.4 is 10.6 Å². The summed E-state index contributed by atoms with van der Waals surface area (Å²) < 4.78 is 4.97. The number of carbonyl (C=O) groups is 2. The van der Waals surface area contributed by atoms with Gasteiger partial charge in [0.2, 0.25) is 0 Å². The average Bonchev–Trinajstić information content (AvgIpc) is 3.05. The van der Waals surface area contributed by atoms with E-state index in [2.05, 4.69) is 10.6 Å². The first kappa shape index (κ1) is 15.2. The summed E-state index contributed by atoms with van der Waals surface area (Å²) in [4.78, 5) is 24.6. The second-order valence-corrected chi connectivity index (χ2v) is 5.04. The quantitative estimate of drug-likeness (QED) is 0.634. The van der Waals surface area contributed by atoms with Crippen LogP contribution in [0, 0.1) is 0 Å². The Balaban J connectivity index is 1.78. The number of thioether (sulfide) groups is 1. The zero-order chi connectivity index (χ0) is 15.1. The Morgan fingerprint density at radius 1 is 1.05 bits per heavy atom. The van der Waals surface area contributed by atoms with E-state index >= 15 is 0 Å². The standard InChI is InChI=1S/C15H16N2O3S/c1-21-13-7-3-2-5-11(13)14(18)16-8-9-17-15(19)12-6-4-10-20-12/h2-7,10H,8-9H2,1H3,(H,16,18)(H,17,19). The van der Waals surface area contributed by atoms with E-state index < -0.39 is 0 Å². The molecule has 0 saturated carbocycles. The van der Waals surface area contributed by atoms with Crippen molar-refractivity contribution < 1.29 is 14.0 Å². The molecule has 5 nitrogen and oxygen atoms in total. The molecule has 6 heteroatoms. The van der Waals surface area contributed by atoms with E-state index in [1.54, 1.807) is 18.2 Å². The molecule has 0 aliphatic carbocycles. The maximum atomic E-state index is 12.0. The van der Waals surface area contributed by atoms with Gasteiger partial charge in [0.05, 0.1) is 11.8 Å². The molecule has 1 heterocycles. The number of hydrogen-bond donors (Lipinski definition) is 2. The fourth-order valence-corrected chi connectivity index (χ4v) is 2.37. The molecule has 0 saturated heterocycles. The minimum Gasteiger partial charge on any atom is -0.459 e. The molecule has 110 valence electrons. The molecule has 0 aliphatic rings. The van der Waals surface area contributed by atoms with Crippen LogP contribution in [-0.2, 0) is 0 Å². The van der Waals surface area contributed by atoms with Crippen LogP contribution in [0.15, 0.2) is 52.0 Å². The first-order chi connectivity index (χ1) is 10.2. The molecular formula is C15H16N2O3S. The molecule has 1 aromatic heterocycles. The summed E-state index contributed by atoms with van der Waals surface area (Å²) in [6.45, 7) is 0.695. The van der Waals surface area contributed by atoms with Crippen molar-refractivity contribution in [3.63, 3.8) is 0 Å². The van der Waals surface area contributed by atoms with Crippen LogP contribution in [0.3, 0.4) is 0 Å². The van der Waals surface area contributed by atoms with Crippen LogP contribution in [0.2, 0.25) is 0 Å². The molecule has 0 aliphatic heterocycles. The van der Waals surface area contributed by atoms with Crippen molar-refractivity contribution in [3.05, 3.63) is 54.0 Å². The van der Waals surface area contributed by atoms with Gasteiger partial charge in [-0.3, -0.25) is 9.59 Å². The van der Waals surface area contributed by atoms with E-state index in [-0.39, 0.29) is 17.6 Å². The van der Waals surface area contributed by atoms with Gasteiger partial charge < -0.3 is 15.1 Å². The van der Waals surface area contributed by atoms with Gasteiger partial charge in [-0.05, 0) is 30.5 Å². The second-order valence-electron chi connectivity index (χ2n) is 4.19. The maximum Gasteiger partial charge on any atom is 0.287 e. The van der Waals surface area contributed by atoms with Crippen molar-refractivity contribution in [2.75, 3.05) is 19.3 Å². The largest absolute Gasteiger partial charge is 0.459 e. The molecule has 21 heavy (non-hydrogen) atoms. The zero-order valence-electron chi connectivity index (χ0n) is 11.6. The van der Waals surface area contributed by atoms with Crippen molar-refractivity contribution in [2.45, 2.75) is 4.90 Å². The molecule has 1 aromatic carbocycles. The Morgan fingerprint density at radius 3 is 2.43 bits per heavy atom. The molecule has 2 aromatic rings. The topological polar surface area (TPSA) is 71.3 Å². The fraction of sp³-hybridized carbons (Fsp3) is 0.200. The summed E-state index contributed by atoms with van der Waals surface area (Å²) in [7, 11) is 0. The summed E-state index contributed by atoms with van der Waals surface area (Å²) in [6, 6.07) is 10.6. The van der Waals surface area contributed by atoms with Gasteiger partial charge >= 0.3 is 0 Å². The highest BCUT2D eigenvalue weighted by Gasteiger charge is 2.10. The third-order valence-electron chi connectivity index (χ3n) is 2.79. The Hall–Kier alpha value is -2.21. The summed E-state index contributed by atoms with van der Waals surface area (Å²) in [5.41, 5.74) is 0.641. The third-order valence-corrected chi connectivity index (χ3v) is 3.59. The fourth-order valence-electron chi connectivity index (χ4n) is 1.77. The number of nitrogens with one attached hydrogen (secondary N) is 2. The minimum absolute atomic E-state index is 0.146. The van der Waals surface area contributed by atoms with E-state index in [0.717, 1.165) is 4.90 Å². The van der Waals surface area contributed by atoms with Gasteiger partial charge in [0.15, 0.2) is 5.76 Å². The van der Waals surface area contributed by atoms with Gasteiger partial charge in [-0.1, -0.05) is 12.1 Å². The van der Waals surface area contributed by atoms with Gasteiger partial charge in [0.1, 0.15) is 0 Å². The van der Waals surface area contributed by atoms with Crippen LogP contribution in [-0.4, -0.2) is 31.2 Å². The Bertz CT molecular complexity index is 611. The summed E-state index contributed by atoms with van der Waals surface area (Å²) in [5.74, 6) is -0.181. The van der Waals surface area contributed by atoms with Crippen LogP contribution in [0.25, 0.3) is 0 Å². The molecule has 0 bridgehead atoms. The highest BCUT2D eigenvalue weighted by molar-refractivity contribution is 7.98. The van der Waals surface area contributed by atoms with Gasteiger partial charge in [-0.15, -0.1) is 11.8 Å². The first-order valence-electron chi connectivity index (χ1n) is 6.45. The molecule has 2 amide bonds. The number of amides is 2. The molecule has 0 unspecified atom stereocenters. The Kier molecular flexibility index (Phi) is 5.45. The molecule has 2 rings (SSSR count). The summed E-state index contributed by atoms with van der Waals surface area (Å²) >= 11 is 1.52. The average molecular weight is 304 g/mol. The minimum atomic E-state index is -0.293. The molecule has 0 radical (unpaired) electrons. The number of hydrogen-bond acceptors (Lipinski definition) is 4. The van der Waals surface area contributed by atoms with Gasteiger partial charge in [-0.2, -0.15) is 0 Å².